The Kier molecular flexibility index (Phi) is 6.73. The highest BCUT2D eigenvalue weighted by Crippen LogP contribution is 2.21. The topological polar surface area (TPSA) is 79.4 Å². The molecule has 2 heterocycles. The molecule has 7 nitrogen and oxygen atoms in total. The van der Waals surface area contributed by atoms with E-state index in [1.807, 2.05) is 25.1 Å². The molecule has 1 amide bonds. The summed E-state index contributed by atoms with van der Waals surface area (Å²) in [5.74, 6) is 0.427. The predicted molar refractivity (Wildman–Crippen MR) is 106 cm³/mol. The van der Waals surface area contributed by atoms with Gasteiger partial charge in [-0.05, 0) is 24.5 Å². The number of para-hydroxylation sites is 1. The molecule has 0 aliphatic carbocycles. The molecule has 0 saturated carbocycles. The van der Waals surface area contributed by atoms with E-state index in [1.165, 1.54) is 6.20 Å². The first-order chi connectivity index (χ1) is 13.2. The van der Waals surface area contributed by atoms with Crippen molar-refractivity contribution < 1.29 is 9.53 Å². The van der Waals surface area contributed by atoms with Crippen LogP contribution in [-0.2, 0) is 11.2 Å². The lowest BCUT2D eigenvalue weighted by atomic mass is 10.1. The van der Waals surface area contributed by atoms with Crippen molar-refractivity contribution in [3.63, 3.8) is 0 Å². The Morgan fingerprint density at radius 2 is 2.04 bits per heavy atom. The monoisotopic (exact) mass is 369 g/mol. The molecular formula is C20H27N5O2. The number of hydrogen-bond donors (Lipinski definition) is 2. The van der Waals surface area contributed by atoms with Crippen molar-refractivity contribution in [2.24, 2.45) is 0 Å². The minimum atomic E-state index is -0.244. The quantitative estimate of drug-likeness (QED) is 0.780. The summed E-state index contributed by atoms with van der Waals surface area (Å²) in [4.78, 5) is 23.4. The van der Waals surface area contributed by atoms with E-state index < -0.39 is 0 Å². The number of morpholine rings is 1. The summed E-state index contributed by atoms with van der Waals surface area (Å²) in [6.07, 6.45) is 3.97. The van der Waals surface area contributed by atoms with Gasteiger partial charge in [0.1, 0.15) is 11.5 Å². The second-order valence-electron chi connectivity index (χ2n) is 6.58. The molecule has 1 aliphatic rings. The van der Waals surface area contributed by atoms with Gasteiger partial charge in [-0.25, -0.2) is 9.97 Å². The van der Waals surface area contributed by atoms with Gasteiger partial charge in [0.25, 0.3) is 5.91 Å². The number of nitrogens with one attached hydrogen (secondary N) is 2. The molecule has 0 unspecified atom stereocenters. The number of hydrogen-bond acceptors (Lipinski definition) is 6. The zero-order valence-corrected chi connectivity index (χ0v) is 16.0. The van der Waals surface area contributed by atoms with Crippen LogP contribution in [0.15, 0.2) is 30.6 Å². The molecule has 0 bridgehead atoms. The molecule has 1 fully saturated rings. The van der Waals surface area contributed by atoms with Crippen LogP contribution in [0.4, 0.5) is 11.5 Å². The van der Waals surface area contributed by atoms with Gasteiger partial charge in [-0.3, -0.25) is 9.69 Å². The Hall–Kier alpha value is -2.51. The molecular weight excluding hydrogens is 342 g/mol. The summed E-state index contributed by atoms with van der Waals surface area (Å²) < 4.78 is 5.34. The highest BCUT2D eigenvalue weighted by Gasteiger charge is 2.13. The fourth-order valence-electron chi connectivity index (χ4n) is 3.08. The van der Waals surface area contributed by atoms with E-state index in [0.717, 1.165) is 62.6 Å². The van der Waals surface area contributed by atoms with Crippen LogP contribution in [0.1, 0.15) is 28.5 Å². The number of rotatable bonds is 7. The summed E-state index contributed by atoms with van der Waals surface area (Å²) in [6, 6.07) is 6.01. The van der Waals surface area contributed by atoms with E-state index in [1.54, 1.807) is 6.20 Å². The third kappa shape index (κ3) is 5.24. The minimum Gasteiger partial charge on any atom is -0.379 e. The van der Waals surface area contributed by atoms with Crippen LogP contribution in [0.2, 0.25) is 0 Å². The first-order valence-electron chi connectivity index (χ1n) is 9.43. The molecule has 0 radical (unpaired) electrons. The highest BCUT2D eigenvalue weighted by molar-refractivity contribution is 6.03. The van der Waals surface area contributed by atoms with Crippen molar-refractivity contribution >= 4 is 17.4 Å². The van der Waals surface area contributed by atoms with E-state index in [4.69, 9.17) is 4.74 Å². The Labute approximate surface area is 160 Å². The van der Waals surface area contributed by atoms with Gasteiger partial charge in [0.2, 0.25) is 0 Å². The molecule has 0 spiro atoms. The number of anilines is 2. The van der Waals surface area contributed by atoms with Gasteiger partial charge in [0.05, 0.1) is 25.6 Å². The lowest BCUT2D eigenvalue weighted by Gasteiger charge is -2.26. The number of carbonyl (C=O) groups excluding carboxylic acids is 1. The van der Waals surface area contributed by atoms with Gasteiger partial charge in [0, 0.05) is 31.9 Å². The van der Waals surface area contributed by atoms with Crippen LogP contribution in [0.3, 0.4) is 0 Å². The van der Waals surface area contributed by atoms with E-state index in [2.05, 4.69) is 32.4 Å². The van der Waals surface area contributed by atoms with Crippen molar-refractivity contribution in [2.75, 3.05) is 50.0 Å². The summed E-state index contributed by atoms with van der Waals surface area (Å²) >= 11 is 0. The molecule has 144 valence electrons. The van der Waals surface area contributed by atoms with E-state index >= 15 is 0 Å². The Morgan fingerprint density at radius 3 is 2.74 bits per heavy atom. The summed E-state index contributed by atoms with van der Waals surface area (Å²) in [6.45, 7) is 9.29. The molecule has 1 saturated heterocycles. The zero-order valence-electron chi connectivity index (χ0n) is 16.0. The lowest BCUT2D eigenvalue weighted by molar-refractivity contribution is 0.0398. The number of carbonyl (C=O) groups is 1. The molecule has 27 heavy (non-hydrogen) atoms. The number of benzene rings is 1. The van der Waals surface area contributed by atoms with E-state index in [-0.39, 0.29) is 5.91 Å². The van der Waals surface area contributed by atoms with E-state index in [9.17, 15) is 4.79 Å². The molecule has 1 aliphatic heterocycles. The van der Waals surface area contributed by atoms with Gasteiger partial charge >= 0.3 is 0 Å². The number of aromatic nitrogens is 2. The fourth-order valence-corrected chi connectivity index (χ4v) is 3.08. The second-order valence-corrected chi connectivity index (χ2v) is 6.58. The molecule has 1 aromatic carbocycles. The zero-order chi connectivity index (χ0) is 19.1. The van der Waals surface area contributed by atoms with Crippen LogP contribution in [-0.4, -0.2) is 60.2 Å². The SMILES string of the molecule is CCc1cccc(C)c1NC(=O)c1cnc(NCCN2CCOCC2)cn1. The molecule has 2 N–H and O–H groups in total. The van der Waals surface area contributed by atoms with Crippen LogP contribution in [0.5, 0.6) is 0 Å². The minimum absolute atomic E-state index is 0.244. The number of aryl methyl sites for hydroxylation is 2. The smallest absolute Gasteiger partial charge is 0.275 e. The van der Waals surface area contributed by atoms with Gasteiger partial charge in [-0.1, -0.05) is 25.1 Å². The maximum atomic E-state index is 12.5. The normalized spacial score (nSPS) is 14.7. The Morgan fingerprint density at radius 1 is 1.22 bits per heavy atom. The van der Waals surface area contributed by atoms with Gasteiger partial charge < -0.3 is 15.4 Å². The maximum Gasteiger partial charge on any atom is 0.275 e. The third-order valence-electron chi connectivity index (χ3n) is 4.70. The van der Waals surface area contributed by atoms with E-state index in [0.29, 0.717) is 11.5 Å². The van der Waals surface area contributed by atoms with Crippen molar-refractivity contribution in [1.82, 2.24) is 14.9 Å². The van der Waals surface area contributed by atoms with Crippen molar-refractivity contribution in [3.8, 4) is 0 Å². The average molecular weight is 369 g/mol. The van der Waals surface area contributed by atoms with Crippen LogP contribution in [0.25, 0.3) is 0 Å². The van der Waals surface area contributed by atoms with Gasteiger partial charge in [-0.15, -0.1) is 0 Å². The largest absolute Gasteiger partial charge is 0.379 e. The molecule has 7 heteroatoms. The average Bonchev–Trinajstić information content (AvgIpc) is 2.71. The Bertz CT molecular complexity index is 757. The molecule has 1 aromatic heterocycles. The van der Waals surface area contributed by atoms with Crippen LogP contribution in [0, 0.1) is 6.92 Å². The summed E-state index contributed by atoms with van der Waals surface area (Å²) in [7, 11) is 0. The van der Waals surface area contributed by atoms with Crippen molar-refractivity contribution in [3.05, 3.63) is 47.4 Å². The fraction of sp³-hybridized carbons (Fsp3) is 0.450. The molecule has 0 atom stereocenters. The van der Waals surface area contributed by atoms with Crippen molar-refractivity contribution in [1.29, 1.82) is 0 Å². The second kappa shape index (κ2) is 9.43. The van der Waals surface area contributed by atoms with Crippen LogP contribution >= 0.6 is 0 Å². The van der Waals surface area contributed by atoms with Crippen molar-refractivity contribution in [2.45, 2.75) is 20.3 Å². The number of amides is 1. The third-order valence-corrected chi connectivity index (χ3v) is 4.70. The predicted octanol–water partition coefficient (Wildman–Crippen LogP) is 2.34. The number of nitrogens with zero attached hydrogens (tertiary/aromatic N) is 3. The van der Waals surface area contributed by atoms with Gasteiger partial charge in [-0.2, -0.15) is 0 Å². The number of ether oxygens (including phenoxy) is 1. The first-order valence-corrected chi connectivity index (χ1v) is 9.43. The van der Waals surface area contributed by atoms with Crippen LogP contribution < -0.4 is 10.6 Å². The highest BCUT2D eigenvalue weighted by atomic mass is 16.5. The first kappa shape index (κ1) is 19.3. The standard InChI is InChI=1S/C20H27N5O2/c1-3-16-6-4-5-15(2)19(16)24-20(26)17-13-23-18(14-22-17)21-7-8-25-9-11-27-12-10-25/h4-6,13-14H,3,7-12H2,1-2H3,(H,21,23)(H,24,26). The Balaban J connectivity index is 1.54. The maximum absolute atomic E-state index is 12.5. The summed E-state index contributed by atoms with van der Waals surface area (Å²) in [5.41, 5.74) is 3.31. The lowest BCUT2D eigenvalue weighted by Crippen LogP contribution is -2.39. The van der Waals surface area contributed by atoms with Gasteiger partial charge in [0.15, 0.2) is 0 Å². The summed E-state index contributed by atoms with van der Waals surface area (Å²) in [5, 5.41) is 6.22. The molecule has 3 rings (SSSR count). The molecule has 2 aromatic rings.